The topological polar surface area (TPSA) is 32.7 Å². The normalized spacial score (nSPS) is 18.6. The van der Waals surface area contributed by atoms with Crippen LogP contribution in [0.4, 0.5) is 0 Å². The van der Waals surface area contributed by atoms with Crippen LogP contribution in [0, 0.1) is 0 Å². The minimum absolute atomic E-state index is 0.609. The molecule has 0 aromatic heterocycles. The third kappa shape index (κ3) is 1.68. The van der Waals surface area contributed by atoms with Crippen molar-refractivity contribution in [2.75, 3.05) is 13.6 Å². The predicted octanol–water partition coefficient (Wildman–Crippen LogP) is 2.07. The Morgan fingerprint density at radius 1 is 1.53 bits per heavy atom. The van der Waals surface area contributed by atoms with Gasteiger partial charge in [0.2, 0.25) is 0 Å². The van der Waals surface area contributed by atoms with Gasteiger partial charge in [0.1, 0.15) is 5.84 Å². The first-order valence-electron chi connectivity index (χ1n) is 4.65. The van der Waals surface area contributed by atoms with Crippen LogP contribution in [-0.2, 0) is 11.0 Å². The number of benzene rings is 1. The molecule has 1 atom stereocenters. The average molecular weight is 243 g/mol. The lowest BCUT2D eigenvalue weighted by molar-refractivity contribution is 0.538. The molecule has 3 nitrogen and oxygen atoms in total. The number of fused-ring (bicyclic) bond motifs is 1. The maximum absolute atomic E-state index is 11.7. The van der Waals surface area contributed by atoms with E-state index in [4.69, 9.17) is 11.6 Å². The monoisotopic (exact) mass is 242 g/mol. The summed E-state index contributed by atoms with van der Waals surface area (Å²) in [7, 11) is 0.613. The van der Waals surface area contributed by atoms with Crippen molar-refractivity contribution in [3.8, 4) is 0 Å². The van der Waals surface area contributed by atoms with Gasteiger partial charge in [-0.3, -0.25) is 0 Å². The molecule has 0 aliphatic carbocycles. The lowest BCUT2D eigenvalue weighted by Crippen LogP contribution is -2.26. The lowest BCUT2D eigenvalue weighted by atomic mass is 10.2. The van der Waals surface area contributed by atoms with Gasteiger partial charge < -0.3 is 4.90 Å². The second kappa shape index (κ2) is 3.94. The van der Waals surface area contributed by atoms with Crippen molar-refractivity contribution in [1.29, 1.82) is 0 Å². The molecule has 2 rings (SSSR count). The Balaban J connectivity index is 2.57. The number of hydrogen-bond acceptors (Lipinski definition) is 2. The maximum Gasteiger partial charge on any atom is 0.175 e. The van der Waals surface area contributed by atoms with Gasteiger partial charge in [-0.1, -0.05) is 17.7 Å². The smallest absolute Gasteiger partial charge is 0.175 e. The van der Waals surface area contributed by atoms with Gasteiger partial charge in [-0.25, -0.2) is 4.21 Å². The molecule has 0 amide bonds. The fourth-order valence-corrected chi connectivity index (χ4v) is 2.82. The molecule has 0 fully saturated rings. The first kappa shape index (κ1) is 10.6. The molecule has 1 unspecified atom stereocenters. The van der Waals surface area contributed by atoms with Crippen LogP contribution < -0.4 is 0 Å². The molecular formula is C10H11ClN2OS. The minimum Gasteiger partial charge on any atom is -0.359 e. The highest BCUT2D eigenvalue weighted by Gasteiger charge is 2.26. The fraction of sp³-hybridized carbons (Fsp3) is 0.300. The van der Waals surface area contributed by atoms with Gasteiger partial charge >= 0.3 is 0 Å². The zero-order chi connectivity index (χ0) is 11.0. The largest absolute Gasteiger partial charge is 0.359 e. The first-order chi connectivity index (χ1) is 7.15. The Morgan fingerprint density at radius 3 is 2.93 bits per heavy atom. The summed E-state index contributed by atoms with van der Waals surface area (Å²) < 4.78 is 15.8. The van der Waals surface area contributed by atoms with Crippen molar-refractivity contribution < 1.29 is 4.21 Å². The molecule has 5 heteroatoms. The van der Waals surface area contributed by atoms with E-state index in [1.165, 1.54) is 0 Å². The molecule has 1 aliphatic rings. The average Bonchev–Trinajstić information content (AvgIpc) is 2.57. The van der Waals surface area contributed by atoms with E-state index in [0.717, 1.165) is 17.9 Å². The highest BCUT2D eigenvalue weighted by Crippen LogP contribution is 2.30. The summed E-state index contributed by atoms with van der Waals surface area (Å²) in [6, 6.07) is 5.39. The zero-order valence-corrected chi connectivity index (χ0v) is 10.1. The zero-order valence-electron chi connectivity index (χ0n) is 8.53. The van der Waals surface area contributed by atoms with Gasteiger partial charge in [0.25, 0.3) is 0 Å². The Labute approximate surface area is 96.4 Å². The summed E-state index contributed by atoms with van der Waals surface area (Å²) in [6.07, 6.45) is 0. The second-order valence-electron chi connectivity index (χ2n) is 3.29. The molecule has 0 radical (unpaired) electrons. The molecule has 0 saturated carbocycles. The Kier molecular flexibility index (Phi) is 2.80. The summed E-state index contributed by atoms with van der Waals surface area (Å²) in [5.74, 6) is 0.719. The molecule has 1 aromatic carbocycles. The van der Waals surface area contributed by atoms with E-state index in [1.54, 1.807) is 18.2 Å². The quantitative estimate of drug-likeness (QED) is 0.755. The van der Waals surface area contributed by atoms with Crippen molar-refractivity contribution in [2.45, 2.75) is 11.8 Å². The lowest BCUT2D eigenvalue weighted by Gasteiger charge is -2.16. The molecular weight excluding hydrogens is 232 g/mol. The number of nitrogens with zero attached hydrogens (tertiary/aromatic N) is 2. The van der Waals surface area contributed by atoms with Gasteiger partial charge in [0, 0.05) is 13.6 Å². The van der Waals surface area contributed by atoms with E-state index in [-0.39, 0.29) is 0 Å². The van der Waals surface area contributed by atoms with Crippen molar-refractivity contribution in [1.82, 2.24) is 4.90 Å². The summed E-state index contributed by atoms with van der Waals surface area (Å²) >= 11 is 6.09. The van der Waals surface area contributed by atoms with Crippen molar-refractivity contribution >= 4 is 28.4 Å². The minimum atomic E-state index is -1.30. The van der Waals surface area contributed by atoms with E-state index < -0.39 is 11.0 Å². The van der Waals surface area contributed by atoms with E-state index in [0.29, 0.717) is 9.92 Å². The van der Waals surface area contributed by atoms with Gasteiger partial charge in [0.05, 0.1) is 15.5 Å². The number of hydrogen-bond donors (Lipinski definition) is 0. The molecule has 80 valence electrons. The van der Waals surface area contributed by atoms with Crippen molar-refractivity contribution in [2.24, 2.45) is 4.40 Å². The van der Waals surface area contributed by atoms with Crippen LogP contribution in [0.15, 0.2) is 27.5 Å². The van der Waals surface area contributed by atoms with E-state index in [1.807, 2.05) is 18.9 Å². The van der Waals surface area contributed by atoms with Gasteiger partial charge in [-0.05, 0) is 19.1 Å². The summed E-state index contributed by atoms with van der Waals surface area (Å²) in [5, 5.41) is 0.609. The predicted molar refractivity (Wildman–Crippen MR) is 62.7 cm³/mol. The molecule has 1 aromatic rings. The third-order valence-corrected chi connectivity index (χ3v) is 3.76. The Bertz CT molecular complexity index is 459. The van der Waals surface area contributed by atoms with Crippen molar-refractivity contribution in [3.05, 3.63) is 28.8 Å². The number of rotatable bonds is 1. The van der Waals surface area contributed by atoms with Crippen LogP contribution in [0.2, 0.25) is 5.02 Å². The molecule has 1 aliphatic heterocycles. The fourth-order valence-electron chi connectivity index (χ4n) is 1.45. The second-order valence-corrected chi connectivity index (χ2v) is 4.82. The van der Waals surface area contributed by atoms with Crippen LogP contribution in [0.5, 0.6) is 0 Å². The van der Waals surface area contributed by atoms with Gasteiger partial charge in [-0.15, -0.1) is 0 Å². The third-order valence-electron chi connectivity index (χ3n) is 2.39. The van der Waals surface area contributed by atoms with Crippen molar-refractivity contribution in [3.63, 3.8) is 0 Å². The van der Waals surface area contributed by atoms with Gasteiger partial charge in [-0.2, -0.15) is 4.40 Å². The highest BCUT2D eigenvalue weighted by atomic mass is 35.5. The van der Waals surface area contributed by atoms with E-state index >= 15 is 0 Å². The molecule has 0 N–H and O–H groups in total. The van der Waals surface area contributed by atoms with Gasteiger partial charge in [0.15, 0.2) is 11.0 Å². The molecule has 0 bridgehead atoms. The standard InChI is InChI=1S/C10H11ClN2OS/c1-3-13(2)10-9-7(11)5-4-6-8(9)15(14)12-10/h4-6H,3H2,1-2H3. The SMILES string of the molecule is CCN(C)C1=NS(=O)c2cccc(Cl)c21. The van der Waals surface area contributed by atoms with Crippen LogP contribution >= 0.6 is 11.6 Å². The molecule has 0 saturated heterocycles. The Hall–Kier alpha value is -0.870. The molecule has 15 heavy (non-hydrogen) atoms. The number of amidine groups is 1. The highest BCUT2D eigenvalue weighted by molar-refractivity contribution is 7.84. The summed E-state index contributed by atoms with van der Waals surface area (Å²) in [4.78, 5) is 2.65. The van der Waals surface area contributed by atoms with Crippen LogP contribution in [0.25, 0.3) is 0 Å². The van der Waals surface area contributed by atoms with Crippen LogP contribution in [-0.4, -0.2) is 28.5 Å². The van der Waals surface area contributed by atoms with E-state index in [9.17, 15) is 4.21 Å². The Morgan fingerprint density at radius 2 is 2.27 bits per heavy atom. The summed E-state index contributed by atoms with van der Waals surface area (Å²) in [5.41, 5.74) is 0.807. The summed E-state index contributed by atoms with van der Waals surface area (Å²) in [6.45, 7) is 2.82. The molecule has 0 spiro atoms. The maximum atomic E-state index is 11.7. The van der Waals surface area contributed by atoms with E-state index in [2.05, 4.69) is 4.40 Å². The number of halogens is 1. The van der Waals surface area contributed by atoms with Crippen LogP contribution in [0.1, 0.15) is 12.5 Å². The first-order valence-corrected chi connectivity index (χ1v) is 6.14. The van der Waals surface area contributed by atoms with Crippen LogP contribution in [0.3, 0.4) is 0 Å². The molecule has 1 heterocycles.